The summed E-state index contributed by atoms with van der Waals surface area (Å²) in [6.45, 7) is 8.56. The van der Waals surface area contributed by atoms with Crippen LogP contribution < -0.4 is 10.6 Å². The van der Waals surface area contributed by atoms with Crippen LogP contribution >= 0.6 is 48.2 Å². The van der Waals surface area contributed by atoms with Crippen molar-refractivity contribution in [2.45, 2.75) is 31.6 Å². The fourth-order valence-corrected chi connectivity index (χ4v) is 5.50. The molecule has 2 aromatic carbocycles. The lowest BCUT2D eigenvalue weighted by atomic mass is 10.1. The first-order valence-electron chi connectivity index (χ1n) is 13.9. The number of hydrogen-bond acceptors (Lipinski definition) is 8. The summed E-state index contributed by atoms with van der Waals surface area (Å²) in [7, 11) is 1.26. The number of amides is 2. The number of carbonyl (C=O) groups is 3. The fraction of sp³-hybridized carbons (Fsp3) is 0.500. The predicted octanol–water partition coefficient (Wildman–Crippen LogP) is 1.70. The van der Waals surface area contributed by atoms with Crippen molar-refractivity contribution < 1.29 is 40.3 Å². The molecular weight excluding hydrogens is 683 g/mol. The summed E-state index contributed by atoms with van der Waals surface area (Å²) < 4.78 is 10.6. The quantitative estimate of drug-likeness (QED) is 0.224. The normalized spacial score (nSPS) is 13.0. The highest BCUT2D eigenvalue weighted by molar-refractivity contribution is 8.01. The predicted molar refractivity (Wildman–Crippen MR) is 190 cm³/mol. The molecule has 1 fully saturated rings. The van der Waals surface area contributed by atoms with Gasteiger partial charge in [0.05, 0.1) is 19.8 Å². The number of thioether (sulfide) groups is 1. The van der Waals surface area contributed by atoms with Crippen LogP contribution in [0.2, 0.25) is 5.02 Å². The van der Waals surface area contributed by atoms with E-state index in [1.165, 1.54) is 17.6 Å². The molecule has 264 valence electrons. The van der Waals surface area contributed by atoms with E-state index >= 15 is 0 Å². The van der Waals surface area contributed by atoms with E-state index in [1.54, 1.807) is 24.3 Å². The minimum atomic E-state index is -1.04. The molecule has 1 saturated heterocycles. The van der Waals surface area contributed by atoms with Crippen LogP contribution in [0.3, 0.4) is 0 Å². The standard InChI is InChI=1S/C30H41ClN4O5S.2ClH.3H2O/c1-22(2)40-20-19-35(29(37)27(30(38)39-3)41-21-13-32)26-10-6-24(7-11-26)28(36)34-17-15-33(16-18-34)14-12-23-4-8-25(31)9-5-23;;;;;/h4-11,22,27H,12-21,32H2,1-3H3;2*1H;3*1H2. The average Bonchev–Trinajstić information content (AvgIpc) is 2.99. The van der Waals surface area contributed by atoms with Crippen LogP contribution in [0.1, 0.15) is 29.8 Å². The molecule has 2 aromatic rings. The second-order valence-electron chi connectivity index (χ2n) is 10.0. The van der Waals surface area contributed by atoms with E-state index in [0.717, 1.165) is 42.8 Å². The molecular formula is C30H49Cl3N4O8S. The van der Waals surface area contributed by atoms with Gasteiger partial charge in [-0.15, -0.1) is 36.6 Å². The molecule has 1 unspecified atom stereocenters. The topological polar surface area (TPSA) is 200 Å². The van der Waals surface area contributed by atoms with Gasteiger partial charge < -0.3 is 41.4 Å². The fourth-order valence-electron chi connectivity index (χ4n) is 4.50. The third-order valence-corrected chi connectivity index (χ3v) is 8.24. The highest BCUT2D eigenvalue weighted by Gasteiger charge is 2.33. The van der Waals surface area contributed by atoms with Crippen LogP contribution in [-0.4, -0.2) is 121 Å². The molecule has 0 aliphatic carbocycles. The van der Waals surface area contributed by atoms with Gasteiger partial charge >= 0.3 is 5.97 Å². The van der Waals surface area contributed by atoms with Gasteiger partial charge in [0.15, 0.2) is 5.25 Å². The Balaban J connectivity index is -0.00000370. The molecule has 12 nitrogen and oxygen atoms in total. The molecule has 8 N–H and O–H groups in total. The molecule has 1 aliphatic heterocycles. The molecule has 3 rings (SSSR count). The number of benzene rings is 2. The summed E-state index contributed by atoms with van der Waals surface area (Å²) in [5.74, 6) is -0.636. The number of piperazine rings is 1. The van der Waals surface area contributed by atoms with E-state index in [2.05, 4.69) is 4.90 Å². The van der Waals surface area contributed by atoms with Gasteiger partial charge in [0.25, 0.3) is 11.8 Å². The summed E-state index contributed by atoms with van der Waals surface area (Å²) in [6.07, 6.45) is 0.929. The van der Waals surface area contributed by atoms with Crippen molar-refractivity contribution in [2.75, 3.05) is 70.2 Å². The van der Waals surface area contributed by atoms with Gasteiger partial charge in [-0.1, -0.05) is 23.7 Å². The van der Waals surface area contributed by atoms with Gasteiger partial charge in [-0.3, -0.25) is 19.3 Å². The van der Waals surface area contributed by atoms with Gasteiger partial charge in [0, 0.05) is 67.8 Å². The number of hydrogen-bond donors (Lipinski definition) is 1. The van der Waals surface area contributed by atoms with E-state index in [4.69, 9.17) is 26.8 Å². The first-order chi connectivity index (χ1) is 19.7. The largest absolute Gasteiger partial charge is 0.468 e. The number of nitrogens with two attached hydrogens (primary N) is 1. The highest BCUT2D eigenvalue weighted by Crippen LogP contribution is 2.23. The first kappa shape index (κ1) is 48.2. The molecule has 2 amide bonds. The molecule has 1 aliphatic rings. The molecule has 1 atom stereocenters. The average molecular weight is 732 g/mol. The number of methoxy groups -OCH3 is 1. The van der Waals surface area contributed by atoms with E-state index in [1.807, 2.05) is 43.0 Å². The summed E-state index contributed by atoms with van der Waals surface area (Å²) >= 11 is 7.13. The second-order valence-corrected chi connectivity index (χ2v) is 11.7. The van der Waals surface area contributed by atoms with Crippen LogP contribution in [0.15, 0.2) is 48.5 Å². The van der Waals surface area contributed by atoms with Crippen molar-refractivity contribution in [3.63, 3.8) is 0 Å². The monoisotopic (exact) mass is 730 g/mol. The minimum Gasteiger partial charge on any atom is -0.468 e. The van der Waals surface area contributed by atoms with Crippen molar-refractivity contribution in [3.8, 4) is 0 Å². The third kappa shape index (κ3) is 14.7. The highest BCUT2D eigenvalue weighted by atomic mass is 35.5. The van der Waals surface area contributed by atoms with Crippen molar-refractivity contribution in [3.05, 3.63) is 64.7 Å². The van der Waals surface area contributed by atoms with Crippen LogP contribution in [0.4, 0.5) is 5.69 Å². The van der Waals surface area contributed by atoms with E-state index in [-0.39, 0.29) is 59.8 Å². The van der Waals surface area contributed by atoms with Crippen LogP contribution in [0.25, 0.3) is 0 Å². The second kappa shape index (κ2) is 24.9. The Labute approximate surface area is 293 Å². The smallest absolute Gasteiger partial charge is 0.328 e. The zero-order valence-electron chi connectivity index (χ0n) is 26.4. The van der Waals surface area contributed by atoms with E-state index in [9.17, 15) is 14.4 Å². The summed E-state index contributed by atoms with van der Waals surface area (Å²) in [6, 6.07) is 14.9. The lowest BCUT2D eigenvalue weighted by Gasteiger charge is -2.35. The summed E-state index contributed by atoms with van der Waals surface area (Å²) in [5, 5.41) is -0.305. The number of esters is 1. The van der Waals surface area contributed by atoms with Gasteiger partial charge in [0.1, 0.15) is 0 Å². The maximum atomic E-state index is 13.5. The van der Waals surface area contributed by atoms with E-state index < -0.39 is 17.1 Å². The number of carbonyl (C=O) groups excluding carboxylic acids is 3. The number of ether oxygens (including phenoxy) is 2. The zero-order valence-corrected chi connectivity index (χ0v) is 29.6. The number of anilines is 1. The SMILES string of the molecule is COC(=O)C(SCCN)C(=O)N(CCOC(C)C)c1ccc(C(=O)N2CCN(CCc3ccc(Cl)cc3)CC2)cc1.Cl.Cl.O.O.O. The lowest BCUT2D eigenvalue weighted by Crippen LogP contribution is -2.49. The zero-order chi connectivity index (χ0) is 29.8. The Bertz CT molecular complexity index is 1140. The van der Waals surface area contributed by atoms with E-state index in [0.29, 0.717) is 43.2 Å². The van der Waals surface area contributed by atoms with Crippen molar-refractivity contribution >= 4 is 71.6 Å². The molecule has 0 saturated carbocycles. The van der Waals surface area contributed by atoms with Crippen molar-refractivity contribution in [2.24, 2.45) is 5.73 Å². The van der Waals surface area contributed by atoms with Crippen LogP contribution in [-0.2, 0) is 25.5 Å². The van der Waals surface area contributed by atoms with Crippen LogP contribution in [0.5, 0.6) is 0 Å². The lowest BCUT2D eigenvalue weighted by molar-refractivity contribution is -0.142. The van der Waals surface area contributed by atoms with Gasteiger partial charge in [-0.2, -0.15) is 0 Å². The Hall–Kier alpha value is -2.17. The third-order valence-electron chi connectivity index (χ3n) is 6.79. The number of halogens is 3. The van der Waals surface area contributed by atoms with Gasteiger partial charge in [0.2, 0.25) is 0 Å². The van der Waals surface area contributed by atoms with Gasteiger partial charge in [-0.25, -0.2) is 0 Å². The van der Waals surface area contributed by atoms with Crippen molar-refractivity contribution in [1.82, 2.24) is 9.80 Å². The maximum absolute atomic E-state index is 13.5. The summed E-state index contributed by atoms with van der Waals surface area (Å²) in [4.78, 5) is 44.9. The molecule has 46 heavy (non-hydrogen) atoms. The Morgan fingerprint density at radius 2 is 1.54 bits per heavy atom. The molecule has 16 heteroatoms. The molecule has 0 bridgehead atoms. The van der Waals surface area contributed by atoms with Crippen LogP contribution in [0, 0.1) is 0 Å². The minimum absolute atomic E-state index is 0. The van der Waals surface area contributed by atoms with Crippen molar-refractivity contribution in [1.29, 1.82) is 0 Å². The molecule has 0 aromatic heterocycles. The molecule has 0 radical (unpaired) electrons. The number of rotatable bonds is 14. The molecule has 0 spiro atoms. The maximum Gasteiger partial charge on any atom is 0.328 e. The Kier molecular flexibility index (Phi) is 26.1. The number of nitrogens with zero attached hydrogens (tertiary/aromatic N) is 3. The Morgan fingerprint density at radius 1 is 0.957 bits per heavy atom. The summed E-state index contributed by atoms with van der Waals surface area (Å²) in [5.41, 5.74) is 7.99. The first-order valence-corrected chi connectivity index (χ1v) is 15.3. The Morgan fingerprint density at radius 3 is 2.07 bits per heavy atom. The molecule has 1 heterocycles. The van der Waals surface area contributed by atoms with Gasteiger partial charge in [-0.05, 0) is 62.2 Å².